The van der Waals surface area contributed by atoms with Crippen LogP contribution in [0.2, 0.25) is 0 Å². The van der Waals surface area contributed by atoms with Crippen molar-refractivity contribution in [3.8, 4) is 0 Å². The summed E-state index contributed by atoms with van der Waals surface area (Å²) >= 11 is 3.38. The van der Waals surface area contributed by atoms with Gasteiger partial charge in [0.15, 0.2) is 0 Å². The minimum Gasteiger partial charge on any atom is -0.350 e. The molecule has 0 fully saturated rings. The van der Waals surface area contributed by atoms with Gasteiger partial charge in [0, 0.05) is 10.0 Å². The number of nitrogens with two attached hydrogens (primary N) is 1. The number of hydrogen-bond acceptors (Lipinski definition) is 2. The summed E-state index contributed by atoms with van der Waals surface area (Å²) in [4.78, 5) is 10.3. The van der Waals surface area contributed by atoms with Crippen LogP contribution >= 0.6 is 15.9 Å². The molecule has 0 unspecified atom stereocenters. The number of amides is 2. The number of hydrogen-bond donors (Lipinski definition) is 2. The zero-order chi connectivity index (χ0) is 10.6. The summed E-state index contributed by atoms with van der Waals surface area (Å²) in [6, 6.07) is 5.14. The highest BCUT2D eigenvalue weighted by atomic mass is 79.9. The van der Waals surface area contributed by atoms with E-state index in [0.717, 1.165) is 15.6 Å². The lowest BCUT2D eigenvalue weighted by atomic mass is 10.2. The van der Waals surface area contributed by atoms with Gasteiger partial charge in [0.05, 0.1) is 6.21 Å². The Labute approximate surface area is 90.3 Å². The fourth-order valence-corrected chi connectivity index (χ4v) is 1.50. The Morgan fingerprint density at radius 2 is 2.36 bits per heavy atom. The van der Waals surface area contributed by atoms with Gasteiger partial charge in [-0.15, -0.1) is 0 Å². The van der Waals surface area contributed by atoms with Crippen molar-refractivity contribution in [1.82, 2.24) is 5.43 Å². The number of benzene rings is 1. The SMILES string of the molecule is Cc1ccc(C=NNC(N)=O)c(Br)c1. The summed E-state index contributed by atoms with van der Waals surface area (Å²) in [5.41, 5.74) is 9.00. The maximum absolute atomic E-state index is 10.3. The molecule has 1 aromatic carbocycles. The topological polar surface area (TPSA) is 67.5 Å². The van der Waals surface area contributed by atoms with Crippen LogP contribution in [0.1, 0.15) is 11.1 Å². The van der Waals surface area contributed by atoms with Crippen LogP contribution in [-0.4, -0.2) is 12.2 Å². The van der Waals surface area contributed by atoms with Crippen LogP contribution in [0.15, 0.2) is 27.8 Å². The van der Waals surface area contributed by atoms with Gasteiger partial charge >= 0.3 is 6.03 Å². The highest BCUT2D eigenvalue weighted by Gasteiger charge is 1.96. The van der Waals surface area contributed by atoms with E-state index >= 15 is 0 Å². The highest BCUT2D eigenvalue weighted by Crippen LogP contribution is 2.16. The van der Waals surface area contributed by atoms with Gasteiger partial charge in [0.25, 0.3) is 0 Å². The normalized spacial score (nSPS) is 10.4. The first kappa shape index (κ1) is 10.7. The van der Waals surface area contributed by atoms with Crippen molar-refractivity contribution in [2.24, 2.45) is 10.8 Å². The molecule has 74 valence electrons. The zero-order valence-electron chi connectivity index (χ0n) is 7.62. The van der Waals surface area contributed by atoms with E-state index in [1.165, 1.54) is 6.21 Å². The zero-order valence-corrected chi connectivity index (χ0v) is 9.21. The summed E-state index contributed by atoms with van der Waals surface area (Å²) in [6.45, 7) is 1.99. The van der Waals surface area contributed by atoms with E-state index in [-0.39, 0.29) is 0 Å². The number of carbonyl (C=O) groups is 1. The van der Waals surface area contributed by atoms with Crippen molar-refractivity contribution in [1.29, 1.82) is 0 Å². The Morgan fingerprint density at radius 3 is 2.93 bits per heavy atom. The first-order valence-electron chi connectivity index (χ1n) is 3.94. The predicted molar refractivity (Wildman–Crippen MR) is 59.2 cm³/mol. The van der Waals surface area contributed by atoms with E-state index < -0.39 is 6.03 Å². The molecule has 0 aliphatic rings. The maximum Gasteiger partial charge on any atom is 0.332 e. The van der Waals surface area contributed by atoms with Crippen molar-refractivity contribution in [2.75, 3.05) is 0 Å². The molecule has 0 aliphatic carbocycles. The molecule has 1 aromatic rings. The second-order valence-corrected chi connectivity index (χ2v) is 3.61. The number of nitrogens with zero attached hydrogens (tertiary/aromatic N) is 1. The summed E-state index contributed by atoms with van der Waals surface area (Å²) in [7, 11) is 0. The summed E-state index contributed by atoms with van der Waals surface area (Å²) in [5.74, 6) is 0. The Hall–Kier alpha value is -1.36. The second kappa shape index (κ2) is 4.76. The molecule has 3 N–H and O–H groups in total. The maximum atomic E-state index is 10.3. The molecule has 5 heteroatoms. The molecule has 0 saturated carbocycles. The van der Waals surface area contributed by atoms with Crippen molar-refractivity contribution in [2.45, 2.75) is 6.92 Å². The van der Waals surface area contributed by atoms with Crippen LogP contribution in [0.3, 0.4) is 0 Å². The Bertz CT molecular complexity index is 376. The molecule has 14 heavy (non-hydrogen) atoms. The third kappa shape index (κ3) is 3.18. The molecule has 0 aliphatic heterocycles. The lowest BCUT2D eigenvalue weighted by Crippen LogP contribution is -2.24. The molecule has 0 radical (unpaired) electrons. The van der Waals surface area contributed by atoms with Crippen LogP contribution in [0.5, 0.6) is 0 Å². The molecule has 0 heterocycles. The van der Waals surface area contributed by atoms with Gasteiger partial charge in [-0.3, -0.25) is 0 Å². The Kier molecular flexibility index (Phi) is 3.64. The third-order valence-electron chi connectivity index (χ3n) is 1.53. The minimum absolute atomic E-state index is 0.676. The average molecular weight is 256 g/mol. The summed E-state index contributed by atoms with van der Waals surface area (Å²) in [5, 5.41) is 3.65. The molecule has 0 saturated heterocycles. The van der Waals surface area contributed by atoms with Gasteiger partial charge in [0.1, 0.15) is 0 Å². The highest BCUT2D eigenvalue weighted by molar-refractivity contribution is 9.10. The molecule has 0 atom stereocenters. The van der Waals surface area contributed by atoms with Crippen LogP contribution in [0, 0.1) is 6.92 Å². The summed E-state index contributed by atoms with van der Waals surface area (Å²) in [6.07, 6.45) is 1.52. The summed E-state index contributed by atoms with van der Waals surface area (Å²) < 4.78 is 0.924. The van der Waals surface area contributed by atoms with Crippen molar-refractivity contribution < 1.29 is 4.79 Å². The largest absolute Gasteiger partial charge is 0.350 e. The number of rotatable bonds is 2. The molecular formula is C9H10BrN3O. The van der Waals surface area contributed by atoms with E-state index in [1.54, 1.807) is 0 Å². The van der Waals surface area contributed by atoms with Crippen LogP contribution in [0.25, 0.3) is 0 Å². The molecule has 0 bridgehead atoms. The van der Waals surface area contributed by atoms with Crippen molar-refractivity contribution in [3.05, 3.63) is 33.8 Å². The first-order valence-corrected chi connectivity index (χ1v) is 4.73. The number of nitrogens with one attached hydrogen (secondary N) is 1. The van der Waals surface area contributed by atoms with E-state index in [1.807, 2.05) is 25.1 Å². The van der Waals surface area contributed by atoms with E-state index in [0.29, 0.717) is 0 Å². The third-order valence-corrected chi connectivity index (χ3v) is 2.22. The second-order valence-electron chi connectivity index (χ2n) is 2.76. The monoisotopic (exact) mass is 255 g/mol. The molecular weight excluding hydrogens is 246 g/mol. The first-order chi connectivity index (χ1) is 6.59. The van der Waals surface area contributed by atoms with Crippen molar-refractivity contribution >= 4 is 28.2 Å². The van der Waals surface area contributed by atoms with Crippen LogP contribution in [0.4, 0.5) is 4.79 Å². The lowest BCUT2D eigenvalue weighted by molar-refractivity contribution is 0.249. The molecule has 2 amide bonds. The number of halogens is 1. The van der Waals surface area contributed by atoms with Gasteiger partial charge in [-0.05, 0) is 18.6 Å². The molecule has 0 aromatic heterocycles. The van der Waals surface area contributed by atoms with Gasteiger partial charge in [-0.2, -0.15) is 5.10 Å². The standard InChI is InChI=1S/C9H10BrN3O/c1-6-2-3-7(8(10)4-6)5-12-13-9(11)14/h2-5H,1H3,(H3,11,13,14). The predicted octanol–water partition coefficient (Wildman–Crippen LogP) is 1.76. The van der Waals surface area contributed by atoms with E-state index in [9.17, 15) is 4.79 Å². The molecule has 1 rings (SSSR count). The van der Waals surface area contributed by atoms with Crippen molar-refractivity contribution in [3.63, 3.8) is 0 Å². The average Bonchev–Trinajstić information content (AvgIpc) is 2.08. The fourth-order valence-electron chi connectivity index (χ4n) is 0.902. The van der Waals surface area contributed by atoms with E-state index in [2.05, 4.69) is 26.5 Å². The Morgan fingerprint density at radius 1 is 1.64 bits per heavy atom. The number of carbonyl (C=O) groups excluding carboxylic acids is 1. The van der Waals surface area contributed by atoms with Gasteiger partial charge in [-0.25, -0.2) is 10.2 Å². The smallest absolute Gasteiger partial charge is 0.332 e. The minimum atomic E-state index is -0.676. The number of primary amides is 1. The van der Waals surface area contributed by atoms with Crippen LogP contribution in [-0.2, 0) is 0 Å². The number of aryl methyl sites for hydroxylation is 1. The van der Waals surface area contributed by atoms with E-state index in [4.69, 9.17) is 5.73 Å². The molecule has 4 nitrogen and oxygen atoms in total. The fraction of sp³-hybridized carbons (Fsp3) is 0.111. The lowest BCUT2D eigenvalue weighted by Gasteiger charge is -1.99. The Balaban J connectivity index is 2.76. The van der Waals surface area contributed by atoms with Gasteiger partial charge in [0.2, 0.25) is 0 Å². The van der Waals surface area contributed by atoms with Gasteiger partial charge < -0.3 is 5.73 Å². The molecule has 0 spiro atoms. The number of urea groups is 1. The number of hydrazone groups is 1. The van der Waals surface area contributed by atoms with Gasteiger partial charge in [-0.1, -0.05) is 28.1 Å². The quantitative estimate of drug-likeness (QED) is 0.614. The van der Waals surface area contributed by atoms with Crippen LogP contribution < -0.4 is 11.2 Å².